The van der Waals surface area contributed by atoms with Gasteiger partial charge in [0.05, 0.1) is 12.2 Å². The first-order chi connectivity index (χ1) is 17.0. The molecule has 0 radical (unpaired) electrons. The van der Waals surface area contributed by atoms with Gasteiger partial charge in [0, 0.05) is 19.3 Å². The monoisotopic (exact) mass is 500 g/mol. The fourth-order valence-corrected chi connectivity index (χ4v) is 3.57. The standard InChI is InChI=1S/C28H31F3N2O3/c1-5-35-26(34)27(3,4)36-24-13-9-21(10-14-24)16-17-33(25-15-6-20(2)18-32-25)19-22-7-11-23(12-8-22)28(29,30)31/h6-15,18H,5,16-17,19H2,1-4H3. The third-order valence-electron chi connectivity index (χ3n) is 5.61. The van der Waals surface area contributed by atoms with Crippen molar-refractivity contribution in [1.29, 1.82) is 0 Å². The molecular weight excluding hydrogens is 469 g/mol. The van der Waals surface area contributed by atoms with Gasteiger partial charge in [-0.2, -0.15) is 13.2 Å². The smallest absolute Gasteiger partial charge is 0.416 e. The van der Waals surface area contributed by atoms with E-state index in [0.717, 1.165) is 34.6 Å². The predicted molar refractivity (Wildman–Crippen MR) is 133 cm³/mol. The van der Waals surface area contributed by atoms with Crippen molar-refractivity contribution in [2.24, 2.45) is 0 Å². The number of rotatable bonds is 10. The van der Waals surface area contributed by atoms with Crippen molar-refractivity contribution < 1.29 is 27.4 Å². The predicted octanol–water partition coefficient (Wildman–Crippen LogP) is 6.38. The first kappa shape index (κ1) is 27.0. The number of carbonyl (C=O) groups excluding carboxylic acids is 1. The molecule has 0 aliphatic rings. The summed E-state index contributed by atoms with van der Waals surface area (Å²) in [6, 6.07) is 16.5. The van der Waals surface area contributed by atoms with Crippen LogP contribution in [0, 0.1) is 6.92 Å². The van der Waals surface area contributed by atoms with Crippen LogP contribution in [0.5, 0.6) is 5.75 Å². The lowest BCUT2D eigenvalue weighted by molar-refractivity contribution is -0.158. The average molecular weight is 501 g/mol. The van der Waals surface area contributed by atoms with Gasteiger partial charge >= 0.3 is 12.1 Å². The van der Waals surface area contributed by atoms with Crippen LogP contribution in [-0.2, 0) is 28.7 Å². The van der Waals surface area contributed by atoms with Gasteiger partial charge in [-0.1, -0.05) is 30.3 Å². The zero-order valence-corrected chi connectivity index (χ0v) is 20.9. The van der Waals surface area contributed by atoms with Crippen molar-refractivity contribution in [2.45, 2.75) is 52.4 Å². The first-order valence-corrected chi connectivity index (χ1v) is 11.8. The number of pyridine rings is 1. The van der Waals surface area contributed by atoms with E-state index < -0.39 is 23.3 Å². The Morgan fingerprint density at radius 3 is 2.14 bits per heavy atom. The molecule has 0 aliphatic heterocycles. The average Bonchev–Trinajstić information content (AvgIpc) is 2.83. The molecule has 0 unspecified atom stereocenters. The number of anilines is 1. The van der Waals surface area contributed by atoms with E-state index in [9.17, 15) is 18.0 Å². The van der Waals surface area contributed by atoms with Crippen molar-refractivity contribution in [3.63, 3.8) is 0 Å². The molecular formula is C28H31F3N2O3. The van der Waals surface area contributed by atoms with E-state index in [1.165, 1.54) is 12.1 Å². The summed E-state index contributed by atoms with van der Waals surface area (Å²) in [5.41, 5.74) is 1.05. The Kier molecular flexibility index (Phi) is 8.61. The van der Waals surface area contributed by atoms with E-state index in [1.807, 2.05) is 36.1 Å². The van der Waals surface area contributed by atoms with Gasteiger partial charge in [-0.3, -0.25) is 0 Å². The number of hydrogen-bond acceptors (Lipinski definition) is 5. The Bertz CT molecular complexity index is 1130. The number of nitrogens with zero attached hydrogens (tertiary/aromatic N) is 2. The summed E-state index contributed by atoms with van der Waals surface area (Å²) in [6.07, 6.45) is -1.91. The van der Waals surface area contributed by atoms with Crippen molar-refractivity contribution in [3.05, 3.63) is 89.1 Å². The minimum atomic E-state index is -4.36. The van der Waals surface area contributed by atoms with Crippen LogP contribution in [0.1, 0.15) is 43.0 Å². The summed E-state index contributed by atoms with van der Waals surface area (Å²) >= 11 is 0. The second-order valence-corrected chi connectivity index (χ2v) is 9.04. The number of aryl methyl sites for hydroxylation is 1. The van der Waals surface area contributed by atoms with Gasteiger partial charge in [-0.15, -0.1) is 0 Å². The summed E-state index contributed by atoms with van der Waals surface area (Å²) < 4.78 is 49.7. The van der Waals surface area contributed by atoms with E-state index in [0.29, 0.717) is 25.3 Å². The highest BCUT2D eigenvalue weighted by Gasteiger charge is 2.31. The van der Waals surface area contributed by atoms with Crippen LogP contribution >= 0.6 is 0 Å². The summed E-state index contributed by atoms with van der Waals surface area (Å²) in [5, 5.41) is 0. The first-order valence-electron chi connectivity index (χ1n) is 11.8. The fourth-order valence-electron chi connectivity index (χ4n) is 3.57. The minimum absolute atomic E-state index is 0.281. The SMILES string of the molecule is CCOC(=O)C(C)(C)Oc1ccc(CCN(Cc2ccc(C(F)(F)F)cc2)c2ccc(C)cn2)cc1. The Labute approximate surface area is 209 Å². The highest BCUT2D eigenvalue weighted by atomic mass is 19.4. The molecule has 1 heterocycles. The number of benzene rings is 2. The molecule has 0 aliphatic carbocycles. The number of hydrogen-bond donors (Lipinski definition) is 0. The third-order valence-corrected chi connectivity index (χ3v) is 5.61. The van der Waals surface area contributed by atoms with Crippen LogP contribution in [0.15, 0.2) is 66.9 Å². The van der Waals surface area contributed by atoms with Crippen molar-refractivity contribution in [2.75, 3.05) is 18.1 Å². The molecule has 36 heavy (non-hydrogen) atoms. The second-order valence-electron chi connectivity index (χ2n) is 9.04. The number of aromatic nitrogens is 1. The van der Waals surface area contributed by atoms with Crippen molar-refractivity contribution >= 4 is 11.8 Å². The Morgan fingerprint density at radius 1 is 0.944 bits per heavy atom. The zero-order valence-electron chi connectivity index (χ0n) is 20.9. The Hall–Kier alpha value is -3.55. The molecule has 8 heteroatoms. The van der Waals surface area contributed by atoms with Crippen LogP contribution in [0.3, 0.4) is 0 Å². The van der Waals surface area contributed by atoms with Gasteiger partial charge in [-0.25, -0.2) is 9.78 Å². The molecule has 0 fully saturated rings. The number of halogens is 3. The molecule has 2 aromatic carbocycles. The summed E-state index contributed by atoms with van der Waals surface area (Å²) in [5.74, 6) is 0.869. The number of carbonyl (C=O) groups is 1. The summed E-state index contributed by atoms with van der Waals surface area (Å²) in [4.78, 5) is 18.6. The zero-order chi connectivity index (χ0) is 26.3. The Morgan fingerprint density at radius 2 is 1.58 bits per heavy atom. The van der Waals surface area contributed by atoms with Gasteiger partial charge in [0.15, 0.2) is 5.60 Å². The fraction of sp³-hybridized carbons (Fsp3) is 0.357. The Balaban J connectivity index is 1.70. The van der Waals surface area contributed by atoms with E-state index in [-0.39, 0.29) is 6.61 Å². The molecule has 0 bridgehead atoms. The molecule has 3 rings (SSSR count). The lowest BCUT2D eigenvalue weighted by atomic mass is 10.1. The maximum Gasteiger partial charge on any atom is 0.416 e. The minimum Gasteiger partial charge on any atom is -0.476 e. The van der Waals surface area contributed by atoms with Crippen LogP contribution in [0.4, 0.5) is 19.0 Å². The van der Waals surface area contributed by atoms with Gasteiger partial charge in [0.1, 0.15) is 11.6 Å². The molecule has 1 aromatic heterocycles. The van der Waals surface area contributed by atoms with Crippen LogP contribution in [-0.4, -0.2) is 29.7 Å². The van der Waals surface area contributed by atoms with Crippen LogP contribution in [0.25, 0.3) is 0 Å². The molecule has 0 amide bonds. The lowest BCUT2D eigenvalue weighted by Gasteiger charge is -2.25. The van der Waals surface area contributed by atoms with E-state index >= 15 is 0 Å². The van der Waals surface area contributed by atoms with Gasteiger partial charge in [-0.05, 0) is 81.1 Å². The molecule has 0 saturated carbocycles. The molecule has 0 atom stereocenters. The molecule has 0 spiro atoms. The van der Waals surface area contributed by atoms with Gasteiger partial charge in [0.2, 0.25) is 0 Å². The number of ether oxygens (including phenoxy) is 2. The normalized spacial score (nSPS) is 11.8. The van der Waals surface area contributed by atoms with Crippen molar-refractivity contribution in [1.82, 2.24) is 4.98 Å². The largest absolute Gasteiger partial charge is 0.476 e. The number of esters is 1. The van der Waals surface area contributed by atoms with Crippen LogP contribution < -0.4 is 9.64 Å². The van der Waals surface area contributed by atoms with E-state index in [1.54, 1.807) is 39.1 Å². The lowest BCUT2D eigenvalue weighted by Crippen LogP contribution is -2.39. The van der Waals surface area contributed by atoms with Crippen molar-refractivity contribution in [3.8, 4) is 5.75 Å². The highest BCUT2D eigenvalue weighted by molar-refractivity contribution is 5.79. The van der Waals surface area contributed by atoms with Gasteiger partial charge < -0.3 is 14.4 Å². The molecule has 0 saturated heterocycles. The van der Waals surface area contributed by atoms with Crippen LogP contribution in [0.2, 0.25) is 0 Å². The molecule has 3 aromatic rings. The maximum absolute atomic E-state index is 12.9. The molecule has 5 nitrogen and oxygen atoms in total. The van der Waals surface area contributed by atoms with Gasteiger partial charge in [0.25, 0.3) is 0 Å². The molecule has 0 N–H and O–H groups in total. The maximum atomic E-state index is 12.9. The third kappa shape index (κ3) is 7.47. The second kappa shape index (κ2) is 11.5. The molecule has 192 valence electrons. The summed E-state index contributed by atoms with van der Waals surface area (Å²) in [6.45, 7) is 8.32. The topological polar surface area (TPSA) is 51.7 Å². The highest BCUT2D eigenvalue weighted by Crippen LogP contribution is 2.29. The quantitative estimate of drug-likeness (QED) is 0.303. The van der Waals surface area contributed by atoms with E-state index in [4.69, 9.17) is 9.47 Å². The van der Waals surface area contributed by atoms with E-state index in [2.05, 4.69) is 4.98 Å². The summed E-state index contributed by atoms with van der Waals surface area (Å²) in [7, 11) is 0. The number of alkyl halides is 3.